The van der Waals surface area contributed by atoms with E-state index in [0.717, 1.165) is 63.5 Å². The fraction of sp³-hybridized carbons (Fsp3) is 0.650. The molecule has 0 aliphatic carbocycles. The van der Waals surface area contributed by atoms with Crippen LogP contribution in [0.2, 0.25) is 0 Å². The van der Waals surface area contributed by atoms with Crippen molar-refractivity contribution in [3.63, 3.8) is 0 Å². The molecule has 1 unspecified atom stereocenters. The Hall–Kier alpha value is -1.06. The van der Waals surface area contributed by atoms with Gasteiger partial charge in [0.25, 0.3) is 0 Å². The number of benzene rings is 1. The minimum Gasteiger partial charge on any atom is -0.497 e. The minimum atomic E-state index is 0. The average molecular weight is 491 g/mol. The van der Waals surface area contributed by atoms with Crippen molar-refractivity contribution in [2.75, 3.05) is 47.1 Å². The highest BCUT2D eigenvalue weighted by atomic mass is 127. The molecule has 154 valence electrons. The summed E-state index contributed by atoms with van der Waals surface area (Å²) in [6.07, 6.45) is 5.88. The first kappa shape index (κ1) is 24.0. The molecule has 1 heterocycles. The molecule has 7 heteroatoms. The van der Waals surface area contributed by atoms with Gasteiger partial charge in [-0.2, -0.15) is 0 Å². The summed E-state index contributed by atoms with van der Waals surface area (Å²) in [5.74, 6) is 1.74. The van der Waals surface area contributed by atoms with E-state index in [2.05, 4.69) is 27.8 Å². The fourth-order valence-electron chi connectivity index (χ4n) is 2.91. The molecule has 2 rings (SSSR count). The average Bonchev–Trinajstić information content (AvgIpc) is 3.20. The van der Waals surface area contributed by atoms with Crippen LogP contribution in [0, 0.1) is 0 Å². The maximum Gasteiger partial charge on any atom is 0.191 e. The molecule has 1 aliphatic heterocycles. The zero-order valence-electron chi connectivity index (χ0n) is 16.5. The second-order valence-electron chi connectivity index (χ2n) is 6.44. The summed E-state index contributed by atoms with van der Waals surface area (Å²) in [5, 5.41) is 6.62. The van der Waals surface area contributed by atoms with E-state index in [1.54, 1.807) is 14.2 Å². The van der Waals surface area contributed by atoms with Gasteiger partial charge in [-0.05, 0) is 49.8 Å². The van der Waals surface area contributed by atoms with Crippen LogP contribution in [0.4, 0.5) is 0 Å². The van der Waals surface area contributed by atoms with E-state index in [-0.39, 0.29) is 30.1 Å². The van der Waals surface area contributed by atoms with Gasteiger partial charge < -0.3 is 24.8 Å². The Kier molecular flexibility index (Phi) is 13.3. The van der Waals surface area contributed by atoms with E-state index in [1.807, 2.05) is 12.1 Å². The second-order valence-corrected chi connectivity index (χ2v) is 6.44. The van der Waals surface area contributed by atoms with Crippen molar-refractivity contribution in [3.8, 4) is 5.75 Å². The lowest BCUT2D eigenvalue weighted by atomic mass is 10.1. The van der Waals surface area contributed by atoms with Gasteiger partial charge in [-0.3, -0.25) is 4.99 Å². The Morgan fingerprint density at radius 3 is 2.63 bits per heavy atom. The molecule has 6 nitrogen and oxygen atoms in total. The van der Waals surface area contributed by atoms with Gasteiger partial charge in [-0.25, -0.2) is 0 Å². The summed E-state index contributed by atoms with van der Waals surface area (Å²) in [4.78, 5) is 4.24. The quantitative estimate of drug-likeness (QED) is 0.216. The summed E-state index contributed by atoms with van der Waals surface area (Å²) in [6, 6.07) is 8.28. The Bertz CT molecular complexity index is 520. The van der Waals surface area contributed by atoms with Gasteiger partial charge in [0.15, 0.2) is 5.96 Å². The van der Waals surface area contributed by atoms with Gasteiger partial charge in [0, 0.05) is 26.7 Å². The largest absolute Gasteiger partial charge is 0.497 e. The van der Waals surface area contributed by atoms with Crippen molar-refractivity contribution >= 4 is 29.9 Å². The van der Waals surface area contributed by atoms with Crippen LogP contribution < -0.4 is 15.4 Å². The Morgan fingerprint density at radius 2 is 1.96 bits per heavy atom. The topological polar surface area (TPSA) is 64.1 Å². The molecule has 1 saturated heterocycles. The smallest absolute Gasteiger partial charge is 0.191 e. The highest BCUT2D eigenvalue weighted by Gasteiger charge is 2.14. The van der Waals surface area contributed by atoms with E-state index in [9.17, 15) is 0 Å². The molecule has 27 heavy (non-hydrogen) atoms. The van der Waals surface area contributed by atoms with Crippen molar-refractivity contribution in [3.05, 3.63) is 29.8 Å². The van der Waals surface area contributed by atoms with Crippen LogP contribution in [0.5, 0.6) is 5.75 Å². The summed E-state index contributed by atoms with van der Waals surface area (Å²) in [6.45, 7) is 3.89. The van der Waals surface area contributed by atoms with Crippen LogP contribution in [0.1, 0.15) is 31.2 Å². The SMILES string of the molecule is CN=C(NCCCCc1ccc(OC)cc1)NCCOCC1CCCO1.I. The van der Waals surface area contributed by atoms with Gasteiger partial charge in [0.2, 0.25) is 0 Å². The minimum absolute atomic E-state index is 0. The predicted molar refractivity (Wildman–Crippen MR) is 121 cm³/mol. The summed E-state index contributed by atoms with van der Waals surface area (Å²) in [7, 11) is 3.48. The van der Waals surface area contributed by atoms with Crippen LogP contribution in [0.15, 0.2) is 29.3 Å². The summed E-state index contributed by atoms with van der Waals surface area (Å²) >= 11 is 0. The maximum atomic E-state index is 5.64. The number of methoxy groups -OCH3 is 1. The van der Waals surface area contributed by atoms with E-state index >= 15 is 0 Å². The molecule has 0 radical (unpaired) electrons. The number of hydrogen-bond acceptors (Lipinski definition) is 4. The first-order valence-corrected chi connectivity index (χ1v) is 9.58. The first-order chi connectivity index (χ1) is 12.8. The Balaban J connectivity index is 0.00000364. The number of unbranched alkanes of at least 4 members (excludes halogenated alkanes) is 1. The Morgan fingerprint density at radius 1 is 1.19 bits per heavy atom. The molecule has 0 spiro atoms. The van der Waals surface area contributed by atoms with E-state index in [4.69, 9.17) is 14.2 Å². The van der Waals surface area contributed by atoms with Gasteiger partial charge >= 0.3 is 0 Å². The van der Waals surface area contributed by atoms with Crippen LogP contribution >= 0.6 is 24.0 Å². The predicted octanol–water partition coefficient (Wildman–Crippen LogP) is 3.00. The normalized spacial score (nSPS) is 16.7. The first-order valence-electron chi connectivity index (χ1n) is 9.58. The monoisotopic (exact) mass is 491 g/mol. The summed E-state index contributed by atoms with van der Waals surface area (Å²) < 4.78 is 16.4. The second kappa shape index (κ2) is 14.9. The van der Waals surface area contributed by atoms with Gasteiger partial charge in [-0.15, -0.1) is 24.0 Å². The zero-order valence-corrected chi connectivity index (χ0v) is 18.9. The van der Waals surface area contributed by atoms with Crippen molar-refractivity contribution in [1.82, 2.24) is 10.6 Å². The molecule has 0 bridgehead atoms. The number of ether oxygens (including phenoxy) is 3. The van der Waals surface area contributed by atoms with Gasteiger partial charge in [0.05, 0.1) is 26.4 Å². The van der Waals surface area contributed by atoms with Gasteiger partial charge in [-0.1, -0.05) is 12.1 Å². The lowest BCUT2D eigenvalue weighted by Gasteiger charge is -2.13. The molecule has 1 aromatic rings. The maximum absolute atomic E-state index is 5.64. The molecule has 0 amide bonds. The van der Waals surface area contributed by atoms with Crippen LogP contribution in [-0.4, -0.2) is 59.1 Å². The highest BCUT2D eigenvalue weighted by molar-refractivity contribution is 14.0. The van der Waals surface area contributed by atoms with E-state index in [1.165, 1.54) is 5.56 Å². The number of aliphatic imine (C=N–C) groups is 1. The molecule has 1 aromatic carbocycles. The number of nitrogens with zero attached hydrogens (tertiary/aromatic N) is 1. The van der Waals surface area contributed by atoms with Crippen molar-refractivity contribution in [1.29, 1.82) is 0 Å². The third kappa shape index (κ3) is 10.2. The third-order valence-corrected chi connectivity index (χ3v) is 4.43. The van der Waals surface area contributed by atoms with E-state index in [0.29, 0.717) is 13.2 Å². The van der Waals surface area contributed by atoms with Crippen molar-refractivity contribution in [2.24, 2.45) is 4.99 Å². The number of rotatable bonds is 11. The molecular formula is C20H34IN3O3. The third-order valence-electron chi connectivity index (χ3n) is 4.43. The molecule has 1 fully saturated rings. The molecule has 0 saturated carbocycles. The van der Waals surface area contributed by atoms with E-state index < -0.39 is 0 Å². The molecule has 1 aliphatic rings. The molecule has 2 N–H and O–H groups in total. The van der Waals surface area contributed by atoms with Gasteiger partial charge in [0.1, 0.15) is 5.75 Å². The zero-order chi connectivity index (χ0) is 18.5. The highest BCUT2D eigenvalue weighted by Crippen LogP contribution is 2.13. The lowest BCUT2D eigenvalue weighted by Crippen LogP contribution is -2.39. The van der Waals surface area contributed by atoms with Crippen LogP contribution in [-0.2, 0) is 15.9 Å². The number of guanidine groups is 1. The standard InChI is InChI=1S/C20H33N3O3.HI/c1-21-20(23-13-15-25-16-19-7-5-14-26-19)22-12-4-3-6-17-8-10-18(24-2)11-9-17;/h8-11,19H,3-7,12-16H2,1-2H3,(H2,21,22,23);1H. The van der Waals surface area contributed by atoms with Crippen LogP contribution in [0.25, 0.3) is 0 Å². The number of hydrogen-bond donors (Lipinski definition) is 2. The Labute approximate surface area is 180 Å². The van der Waals surface area contributed by atoms with Crippen molar-refractivity contribution in [2.45, 2.75) is 38.2 Å². The molecule has 1 atom stereocenters. The number of nitrogens with one attached hydrogen (secondary N) is 2. The summed E-state index contributed by atoms with van der Waals surface area (Å²) in [5.41, 5.74) is 1.34. The van der Waals surface area contributed by atoms with Crippen molar-refractivity contribution < 1.29 is 14.2 Å². The lowest BCUT2D eigenvalue weighted by molar-refractivity contribution is 0.0191. The molecule has 0 aromatic heterocycles. The fourth-order valence-corrected chi connectivity index (χ4v) is 2.91. The molecular weight excluding hydrogens is 457 g/mol. The van der Waals surface area contributed by atoms with Crippen LogP contribution in [0.3, 0.4) is 0 Å². The number of aryl methyl sites for hydroxylation is 1. The number of halogens is 1.